The lowest BCUT2D eigenvalue weighted by Crippen LogP contribution is -2.35. The Kier molecular flexibility index (Phi) is 6.10. The van der Waals surface area contributed by atoms with Gasteiger partial charge in [0.2, 0.25) is 11.8 Å². The largest absolute Gasteiger partial charge is 0.336 e. The zero-order valence-corrected chi connectivity index (χ0v) is 16.3. The number of carbonyl (C=O) groups excluding carboxylic acids is 2. The van der Waals surface area contributed by atoms with Gasteiger partial charge in [-0.2, -0.15) is 5.26 Å². The molecule has 5 nitrogen and oxygen atoms in total. The van der Waals surface area contributed by atoms with Crippen molar-refractivity contribution in [3.63, 3.8) is 0 Å². The van der Waals surface area contributed by atoms with Crippen LogP contribution >= 0.6 is 0 Å². The van der Waals surface area contributed by atoms with Crippen molar-refractivity contribution in [1.29, 1.82) is 5.26 Å². The fourth-order valence-corrected chi connectivity index (χ4v) is 3.77. The van der Waals surface area contributed by atoms with E-state index in [-0.39, 0.29) is 23.8 Å². The Morgan fingerprint density at radius 3 is 2.64 bits per heavy atom. The summed E-state index contributed by atoms with van der Waals surface area (Å²) in [6.07, 6.45) is 1.55. The highest BCUT2D eigenvalue weighted by molar-refractivity contribution is 5.96. The number of fused-ring (bicyclic) bond motifs is 1. The zero-order valence-electron chi connectivity index (χ0n) is 16.3. The van der Waals surface area contributed by atoms with E-state index in [4.69, 9.17) is 5.26 Å². The first kappa shape index (κ1) is 19.6. The number of para-hydroxylation sites is 1. The molecule has 28 heavy (non-hydrogen) atoms. The SMILES string of the molecule is CCN(C(=O)CCC1Cc2ccccc2NC1=O)C(C)c1ccc(C#N)cc1. The quantitative estimate of drug-likeness (QED) is 0.827. The van der Waals surface area contributed by atoms with Crippen LogP contribution in [0.3, 0.4) is 0 Å². The summed E-state index contributed by atoms with van der Waals surface area (Å²) in [5, 5.41) is 11.9. The van der Waals surface area contributed by atoms with Crippen molar-refractivity contribution in [2.75, 3.05) is 11.9 Å². The van der Waals surface area contributed by atoms with E-state index in [1.165, 1.54) is 0 Å². The molecule has 2 aromatic rings. The van der Waals surface area contributed by atoms with Crippen LogP contribution in [-0.4, -0.2) is 23.3 Å². The van der Waals surface area contributed by atoms with E-state index in [2.05, 4.69) is 11.4 Å². The average molecular weight is 375 g/mol. The number of anilines is 1. The number of amides is 2. The summed E-state index contributed by atoms with van der Waals surface area (Å²) in [5.41, 5.74) is 3.60. The Bertz CT molecular complexity index is 899. The number of carbonyl (C=O) groups is 2. The Balaban J connectivity index is 1.62. The molecule has 0 radical (unpaired) electrons. The minimum absolute atomic E-state index is 0.00492. The van der Waals surface area contributed by atoms with Gasteiger partial charge in [-0.1, -0.05) is 30.3 Å². The molecule has 1 N–H and O–H groups in total. The van der Waals surface area contributed by atoms with Crippen LogP contribution in [0.4, 0.5) is 5.69 Å². The summed E-state index contributed by atoms with van der Waals surface area (Å²) in [5.74, 6) is -0.136. The Labute approximate surface area is 166 Å². The molecule has 2 atom stereocenters. The third-order valence-electron chi connectivity index (χ3n) is 5.47. The average Bonchev–Trinajstić information content (AvgIpc) is 2.72. The van der Waals surface area contributed by atoms with Crippen molar-refractivity contribution in [1.82, 2.24) is 4.90 Å². The molecule has 2 aromatic carbocycles. The number of benzene rings is 2. The standard InChI is InChI=1S/C23H25N3O2/c1-3-26(16(2)18-10-8-17(15-24)9-11-18)22(27)13-12-20-14-19-6-4-5-7-21(19)25-23(20)28/h4-11,16,20H,3,12-14H2,1-2H3,(H,25,28). The third-order valence-corrected chi connectivity index (χ3v) is 5.47. The summed E-state index contributed by atoms with van der Waals surface area (Å²) >= 11 is 0. The molecule has 0 spiro atoms. The molecule has 1 heterocycles. The molecule has 0 fully saturated rings. The monoisotopic (exact) mass is 375 g/mol. The molecule has 0 saturated carbocycles. The van der Waals surface area contributed by atoms with Crippen molar-refractivity contribution in [2.45, 2.75) is 39.2 Å². The van der Waals surface area contributed by atoms with Crippen molar-refractivity contribution in [2.24, 2.45) is 5.92 Å². The first-order valence-corrected chi connectivity index (χ1v) is 9.71. The van der Waals surface area contributed by atoms with Crippen LogP contribution in [0, 0.1) is 17.2 Å². The Hall–Kier alpha value is -3.13. The van der Waals surface area contributed by atoms with Crippen molar-refractivity contribution in [3.8, 4) is 6.07 Å². The topological polar surface area (TPSA) is 73.2 Å². The molecule has 1 aliphatic heterocycles. The van der Waals surface area contributed by atoms with Crippen LogP contribution < -0.4 is 5.32 Å². The first-order valence-electron chi connectivity index (χ1n) is 9.71. The fourth-order valence-electron chi connectivity index (χ4n) is 3.77. The second kappa shape index (κ2) is 8.71. The van der Waals surface area contributed by atoms with E-state index >= 15 is 0 Å². The van der Waals surface area contributed by atoms with Gasteiger partial charge < -0.3 is 10.2 Å². The molecule has 5 heteroatoms. The Morgan fingerprint density at radius 2 is 1.96 bits per heavy atom. The predicted octanol–water partition coefficient (Wildman–Crippen LogP) is 4.06. The molecule has 2 amide bonds. The van der Waals surface area contributed by atoms with Crippen LogP contribution in [0.15, 0.2) is 48.5 Å². The van der Waals surface area contributed by atoms with Gasteiger partial charge in [0.1, 0.15) is 0 Å². The van der Waals surface area contributed by atoms with Crippen LogP contribution in [0.2, 0.25) is 0 Å². The zero-order chi connectivity index (χ0) is 20.1. The van der Waals surface area contributed by atoms with E-state index in [1.807, 2.05) is 55.1 Å². The first-order chi connectivity index (χ1) is 13.5. The molecule has 2 unspecified atom stereocenters. The second-order valence-corrected chi connectivity index (χ2v) is 7.18. The Morgan fingerprint density at radius 1 is 1.25 bits per heavy atom. The smallest absolute Gasteiger partial charge is 0.227 e. The normalized spacial score (nSPS) is 16.5. The van der Waals surface area contributed by atoms with Gasteiger partial charge in [0.15, 0.2) is 0 Å². The lowest BCUT2D eigenvalue weighted by molar-refractivity contribution is -0.133. The number of nitrogens with zero attached hydrogens (tertiary/aromatic N) is 2. The van der Waals surface area contributed by atoms with Crippen LogP contribution in [0.25, 0.3) is 0 Å². The summed E-state index contributed by atoms with van der Waals surface area (Å²) in [4.78, 5) is 27.0. The highest BCUT2D eigenvalue weighted by Gasteiger charge is 2.28. The van der Waals surface area contributed by atoms with Gasteiger partial charge in [-0.15, -0.1) is 0 Å². The van der Waals surface area contributed by atoms with Crippen molar-refractivity contribution >= 4 is 17.5 Å². The van der Waals surface area contributed by atoms with Crippen LogP contribution in [0.5, 0.6) is 0 Å². The van der Waals surface area contributed by atoms with E-state index in [0.29, 0.717) is 31.4 Å². The summed E-state index contributed by atoms with van der Waals surface area (Å²) in [6, 6.07) is 17.2. The van der Waals surface area contributed by atoms with Crippen molar-refractivity contribution < 1.29 is 9.59 Å². The number of hydrogen-bond acceptors (Lipinski definition) is 3. The van der Waals surface area contributed by atoms with Gasteiger partial charge in [0.25, 0.3) is 0 Å². The van der Waals surface area contributed by atoms with Gasteiger partial charge in [0, 0.05) is 24.6 Å². The third kappa shape index (κ3) is 4.23. The van der Waals surface area contributed by atoms with Gasteiger partial charge >= 0.3 is 0 Å². The molecule has 0 saturated heterocycles. The number of rotatable bonds is 6. The molecule has 1 aliphatic rings. The van der Waals surface area contributed by atoms with E-state index < -0.39 is 0 Å². The fraction of sp³-hybridized carbons (Fsp3) is 0.348. The van der Waals surface area contributed by atoms with E-state index in [0.717, 1.165) is 16.8 Å². The molecule has 3 rings (SSSR count). The van der Waals surface area contributed by atoms with Gasteiger partial charge in [0.05, 0.1) is 17.7 Å². The number of nitriles is 1. The second-order valence-electron chi connectivity index (χ2n) is 7.18. The number of hydrogen-bond donors (Lipinski definition) is 1. The molecular weight excluding hydrogens is 350 g/mol. The van der Waals surface area contributed by atoms with E-state index in [1.54, 1.807) is 12.1 Å². The van der Waals surface area contributed by atoms with Gasteiger partial charge in [-0.25, -0.2) is 0 Å². The van der Waals surface area contributed by atoms with Gasteiger partial charge in [-0.3, -0.25) is 9.59 Å². The summed E-state index contributed by atoms with van der Waals surface area (Å²) in [7, 11) is 0. The number of nitrogens with one attached hydrogen (secondary N) is 1. The van der Waals surface area contributed by atoms with Gasteiger partial charge in [-0.05, 0) is 56.0 Å². The minimum Gasteiger partial charge on any atom is -0.336 e. The maximum Gasteiger partial charge on any atom is 0.227 e. The summed E-state index contributed by atoms with van der Waals surface area (Å²) < 4.78 is 0. The van der Waals surface area contributed by atoms with Crippen molar-refractivity contribution in [3.05, 3.63) is 65.2 Å². The molecule has 0 bridgehead atoms. The summed E-state index contributed by atoms with van der Waals surface area (Å²) in [6.45, 7) is 4.55. The maximum atomic E-state index is 12.8. The lowest BCUT2D eigenvalue weighted by Gasteiger charge is -2.30. The lowest BCUT2D eigenvalue weighted by atomic mass is 9.89. The minimum atomic E-state index is -0.178. The highest BCUT2D eigenvalue weighted by atomic mass is 16.2. The van der Waals surface area contributed by atoms with E-state index in [9.17, 15) is 9.59 Å². The highest BCUT2D eigenvalue weighted by Crippen LogP contribution is 2.28. The molecule has 0 aromatic heterocycles. The predicted molar refractivity (Wildman–Crippen MR) is 108 cm³/mol. The maximum absolute atomic E-state index is 12.8. The molecular formula is C23H25N3O2. The van der Waals surface area contributed by atoms with Crippen LogP contribution in [-0.2, 0) is 16.0 Å². The molecule has 144 valence electrons. The molecule has 0 aliphatic carbocycles. The van der Waals surface area contributed by atoms with Crippen LogP contribution in [0.1, 0.15) is 49.4 Å².